The van der Waals surface area contributed by atoms with E-state index in [4.69, 9.17) is 4.74 Å². The van der Waals surface area contributed by atoms with E-state index in [1.807, 2.05) is 0 Å². The minimum Gasteiger partial charge on any atom is -0.481 e. The Labute approximate surface area is 154 Å². The largest absolute Gasteiger partial charge is 0.481 e. The number of ether oxygens (including phenoxy) is 1. The molecule has 152 valence electrons. The summed E-state index contributed by atoms with van der Waals surface area (Å²) in [6.07, 6.45) is -3.36. The number of nitrogens with zero attached hydrogens (tertiary/aromatic N) is 2. The molecule has 10 heteroatoms. The molecule has 0 aromatic heterocycles. The molecule has 27 heavy (non-hydrogen) atoms. The maximum absolute atomic E-state index is 12.6. The fraction of sp³-hybridized carbons (Fsp3) is 0.824. The predicted octanol–water partition coefficient (Wildman–Crippen LogP) is 1.13. The minimum absolute atomic E-state index is 0.0459. The van der Waals surface area contributed by atoms with E-state index in [9.17, 15) is 32.7 Å². The number of rotatable bonds is 4. The predicted molar refractivity (Wildman–Crippen MR) is 85.5 cm³/mol. The first-order valence-corrected chi connectivity index (χ1v) is 9.13. The SMILES string of the molecule is O=C(O)C1CCO[C@H]1C1CCN(C(=O)C2CC(=O)N(CC(F)(F)F)C2)CC1. The van der Waals surface area contributed by atoms with Crippen LogP contribution in [0.5, 0.6) is 0 Å². The number of likely N-dealkylation sites (tertiary alicyclic amines) is 2. The van der Waals surface area contributed by atoms with Crippen LogP contribution in [0.1, 0.15) is 25.7 Å². The van der Waals surface area contributed by atoms with Gasteiger partial charge in [0.2, 0.25) is 11.8 Å². The molecule has 3 heterocycles. The molecular formula is C17H23F3N2O5. The minimum atomic E-state index is -4.48. The molecule has 0 aromatic carbocycles. The highest BCUT2D eigenvalue weighted by molar-refractivity contribution is 5.89. The van der Waals surface area contributed by atoms with Crippen molar-refractivity contribution in [2.75, 3.05) is 32.8 Å². The summed E-state index contributed by atoms with van der Waals surface area (Å²) in [6, 6.07) is 0. The first kappa shape index (κ1) is 19.9. The van der Waals surface area contributed by atoms with Crippen LogP contribution in [0.15, 0.2) is 0 Å². The summed E-state index contributed by atoms with van der Waals surface area (Å²) < 4.78 is 43.1. The van der Waals surface area contributed by atoms with Crippen molar-refractivity contribution >= 4 is 17.8 Å². The Balaban J connectivity index is 1.52. The van der Waals surface area contributed by atoms with Gasteiger partial charge in [0.15, 0.2) is 0 Å². The lowest BCUT2D eigenvalue weighted by Crippen LogP contribution is -2.45. The molecule has 0 aliphatic carbocycles. The number of hydrogen-bond acceptors (Lipinski definition) is 4. The summed E-state index contributed by atoms with van der Waals surface area (Å²) in [7, 11) is 0. The molecule has 3 aliphatic rings. The first-order valence-electron chi connectivity index (χ1n) is 9.13. The van der Waals surface area contributed by atoms with Gasteiger partial charge in [-0.25, -0.2) is 0 Å². The van der Waals surface area contributed by atoms with Gasteiger partial charge < -0.3 is 19.6 Å². The molecule has 7 nitrogen and oxygen atoms in total. The molecule has 2 amide bonds. The van der Waals surface area contributed by atoms with E-state index in [1.165, 1.54) is 0 Å². The summed E-state index contributed by atoms with van der Waals surface area (Å²) in [5.41, 5.74) is 0. The zero-order chi connectivity index (χ0) is 19.8. The number of halogens is 3. The quantitative estimate of drug-likeness (QED) is 0.775. The van der Waals surface area contributed by atoms with Crippen LogP contribution < -0.4 is 0 Å². The number of hydrogen-bond donors (Lipinski definition) is 1. The van der Waals surface area contributed by atoms with Crippen LogP contribution in [0.4, 0.5) is 13.2 Å². The Bertz CT molecular complexity index is 604. The van der Waals surface area contributed by atoms with Crippen LogP contribution in [0.2, 0.25) is 0 Å². The molecule has 3 aliphatic heterocycles. The number of carbonyl (C=O) groups is 3. The Morgan fingerprint density at radius 2 is 1.85 bits per heavy atom. The maximum atomic E-state index is 12.6. The third-order valence-electron chi connectivity index (χ3n) is 5.70. The summed E-state index contributed by atoms with van der Waals surface area (Å²) in [4.78, 5) is 37.9. The highest BCUT2D eigenvalue weighted by Crippen LogP contribution is 2.34. The van der Waals surface area contributed by atoms with Gasteiger partial charge in [0.25, 0.3) is 0 Å². The second kappa shape index (κ2) is 7.65. The number of carboxylic acid groups (broad SMARTS) is 1. The fourth-order valence-corrected chi connectivity index (χ4v) is 4.35. The van der Waals surface area contributed by atoms with Gasteiger partial charge in [0.05, 0.1) is 17.9 Å². The molecule has 3 saturated heterocycles. The molecule has 0 saturated carbocycles. The van der Waals surface area contributed by atoms with Gasteiger partial charge in [-0.05, 0) is 25.2 Å². The summed E-state index contributed by atoms with van der Waals surface area (Å²) in [6.45, 7) is -0.309. The smallest absolute Gasteiger partial charge is 0.406 e. The van der Waals surface area contributed by atoms with E-state index in [0.29, 0.717) is 43.9 Å². The first-order chi connectivity index (χ1) is 12.7. The van der Waals surface area contributed by atoms with Crippen molar-refractivity contribution < 1.29 is 37.4 Å². The van der Waals surface area contributed by atoms with Crippen LogP contribution >= 0.6 is 0 Å². The normalized spacial score (nSPS) is 30.2. The lowest BCUT2D eigenvalue weighted by atomic mass is 9.84. The number of amides is 2. The van der Waals surface area contributed by atoms with Gasteiger partial charge in [-0.2, -0.15) is 13.2 Å². The van der Waals surface area contributed by atoms with Crippen molar-refractivity contribution in [3.8, 4) is 0 Å². The molecule has 3 fully saturated rings. The number of carboxylic acids is 1. The lowest BCUT2D eigenvalue weighted by Gasteiger charge is -2.36. The molecule has 2 unspecified atom stereocenters. The van der Waals surface area contributed by atoms with Gasteiger partial charge in [0.1, 0.15) is 6.54 Å². The third kappa shape index (κ3) is 4.53. The highest BCUT2D eigenvalue weighted by atomic mass is 19.4. The molecule has 0 spiro atoms. The van der Waals surface area contributed by atoms with E-state index >= 15 is 0 Å². The number of piperidine rings is 1. The van der Waals surface area contributed by atoms with Gasteiger partial charge in [-0.15, -0.1) is 0 Å². The van der Waals surface area contributed by atoms with Crippen LogP contribution in [0, 0.1) is 17.8 Å². The summed E-state index contributed by atoms with van der Waals surface area (Å²) in [5, 5.41) is 9.27. The third-order valence-corrected chi connectivity index (χ3v) is 5.70. The Morgan fingerprint density at radius 1 is 1.19 bits per heavy atom. The average Bonchev–Trinajstić information content (AvgIpc) is 3.21. The topological polar surface area (TPSA) is 87.1 Å². The number of aliphatic carboxylic acids is 1. The van der Waals surface area contributed by atoms with Gasteiger partial charge in [-0.1, -0.05) is 0 Å². The average molecular weight is 392 g/mol. The maximum Gasteiger partial charge on any atom is 0.406 e. The van der Waals surface area contributed by atoms with Crippen molar-refractivity contribution in [1.82, 2.24) is 9.80 Å². The molecule has 0 aromatic rings. The molecule has 1 N–H and O–H groups in total. The molecule has 3 rings (SSSR count). The Morgan fingerprint density at radius 3 is 2.44 bits per heavy atom. The zero-order valence-corrected chi connectivity index (χ0v) is 14.8. The molecular weight excluding hydrogens is 369 g/mol. The second-order valence-electron chi connectivity index (χ2n) is 7.52. The fourth-order valence-electron chi connectivity index (χ4n) is 4.35. The Hall–Kier alpha value is -1.84. The van der Waals surface area contributed by atoms with Crippen molar-refractivity contribution in [2.24, 2.45) is 17.8 Å². The second-order valence-corrected chi connectivity index (χ2v) is 7.52. The molecule has 0 bridgehead atoms. The van der Waals surface area contributed by atoms with Gasteiger partial charge in [0, 0.05) is 32.7 Å². The van der Waals surface area contributed by atoms with E-state index in [1.54, 1.807) is 4.90 Å². The monoisotopic (exact) mass is 392 g/mol. The van der Waals surface area contributed by atoms with Crippen molar-refractivity contribution in [2.45, 2.75) is 38.0 Å². The number of alkyl halides is 3. The zero-order valence-electron chi connectivity index (χ0n) is 14.8. The molecule has 3 atom stereocenters. The van der Waals surface area contributed by atoms with E-state index in [0.717, 1.165) is 0 Å². The lowest BCUT2D eigenvalue weighted by molar-refractivity contribution is -0.157. The van der Waals surface area contributed by atoms with Crippen molar-refractivity contribution in [3.63, 3.8) is 0 Å². The Kier molecular flexibility index (Phi) is 5.64. The number of carbonyl (C=O) groups excluding carboxylic acids is 2. The summed E-state index contributed by atoms with van der Waals surface area (Å²) >= 11 is 0. The van der Waals surface area contributed by atoms with Crippen molar-refractivity contribution in [3.05, 3.63) is 0 Å². The van der Waals surface area contributed by atoms with E-state index < -0.39 is 36.4 Å². The standard InChI is InChI=1S/C17H23F3N2O5/c18-17(19,20)9-22-8-11(7-13(22)23)15(24)21-4-1-10(2-5-21)14-12(16(25)26)3-6-27-14/h10-12,14H,1-9H2,(H,25,26)/t11?,12?,14-/m0/s1. The van der Waals surface area contributed by atoms with Crippen molar-refractivity contribution in [1.29, 1.82) is 0 Å². The molecule has 0 radical (unpaired) electrons. The van der Waals surface area contributed by atoms with E-state index in [2.05, 4.69) is 0 Å². The van der Waals surface area contributed by atoms with Crippen LogP contribution in [0.3, 0.4) is 0 Å². The van der Waals surface area contributed by atoms with Crippen LogP contribution in [-0.2, 0) is 19.1 Å². The summed E-state index contributed by atoms with van der Waals surface area (Å²) in [5.74, 6) is -3.04. The van der Waals surface area contributed by atoms with E-state index in [-0.39, 0.29) is 30.9 Å². The van der Waals surface area contributed by atoms with Gasteiger partial charge in [-0.3, -0.25) is 14.4 Å². The highest BCUT2D eigenvalue weighted by Gasteiger charge is 2.44. The van der Waals surface area contributed by atoms with Crippen LogP contribution in [-0.4, -0.2) is 77.8 Å². The van der Waals surface area contributed by atoms with Gasteiger partial charge >= 0.3 is 12.1 Å². The van der Waals surface area contributed by atoms with Crippen LogP contribution in [0.25, 0.3) is 0 Å².